The summed E-state index contributed by atoms with van der Waals surface area (Å²) in [6.07, 6.45) is 4.06. The minimum absolute atomic E-state index is 1.04. The Morgan fingerprint density at radius 2 is 2.00 bits per heavy atom. The van der Waals surface area contributed by atoms with E-state index in [9.17, 15) is 0 Å². The molecule has 0 saturated carbocycles. The fourth-order valence-corrected chi connectivity index (χ4v) is 1.17. The number of hydrogen-bond donors (Lipinski definition) is 0. The lowest BCUT2D eigenvalue weighted by atomic mass is 10.1. The summed E-state index contributed by atoms with van der Waals surface area (Å²) in [7, 11) is 0. The second-order valence-corrected chi connectivity index (χ2v) is 2.90. The van der Waals surface area contributed by atoms with Crippen LogP contribution in [0.3, 0.4) is 0 Å². The van der Waals surface area contributed by atoms with Crippen LogP contribution < -0.4 is 0 Å². The molecule has 0 fully saturated rings. The summed E-state index contributed by atoms with van der Waals surface area (Å²) in [6, 6.07) is 8.39. The molecule has 0 radical (unpaired) electrons. The molecule has 0 nitrogen and oxygen atoms in total. The Hall–Kier alpha value is -1.48. The first-order chi connectivity index (χ1) is 6.36. The Morgan fingerprint density at radius 3 is 2.54 bits per heavy atom. The van der Waals surface area contributed by atoms with Crippen LogP contribution >= 0.6 is 0 Å². The maximum atomic E-state index is 3.70. The smallest absolute Gasteiger partial charge is 0.0245 e. The Bertz CT molecular complexity index is 319. The van der Waals surface area contributed by atoms with Crippen LogP contribution in [-0.4, -0.2) is 0 Å². The largest absolute Gasteiger partial charge is 0.103 e. The molecule has 0 unspecified atom stereocenters. The van der Waals surface area contributed by atoms with Gasteiger partial charge in [0.25, 0.3) is 0 Å². The molecule has 0 heteroatoms. The Balaban J connectivity index is 2.67. The molecule has 0 aliphatic heterocycles. The molecule has 1 aromatic carbocycles. The van der Waals surface area contributed by atoms with Gasteiger partial charge in [0.2, 0.25) is 0 Å². The van der Waals surface area contributed by atoms with Crippen LogP contribution in [0.15, 0.2) is 36.9 Å². The molecule has 0 atom stereocenters. The number of allylic oxidation sites excluding steroid dienone is 1. The van der Waals surface area contributed by atoms with Crippen molar-refractivity contribution in [3.8, 4) is 11.8 Å². The Labute approximate surface area is 80.3 Å². The van der Waals surface area contributed by atoms with Gasteiger partial charge >= 0.3 is 0 Å². The van der Waals surface area contributed by atoms with E-state index >= 15 is 0 Å². The van der Waals surface area contributed by atoms with E-state index < -0.39 is 0 Å². The molecule has 0 aliphatic carbocycles. The van der Waals surface area contributed by atoms with Gasteiger partial charge in [0.15, 0.2) is 0 Å². The SMILES string of the molecule is C=CCCc1ccc(C#CC)cc1. The van der Waals surface area contributed by atoms with Crippen molar-refractivity contribution in [1.29, 1.82) is 0 Å². The monoisotopic (exact) mass is 170 g/mol. The van der Waals surface area contributed by atoms with Crippen LogP contribution in [0.25, 0.3) is 0 Å². The van der Waals surface area contributed by atoms with Gasteiger partial charge in [0, 0.05) is 5.56 Å². The number of rotatable bonds is 3. The molecule has 0 amide bonds. The van der Waals surface area contributed by atoms with Gasteiger partial charge in [-0.3, -0.25) is 0 Å². The quantitative estimate of drug-likeness (QED) is 0.483. The maximum Gasteiger partial charge on any atom is 0.0245 e. The van der Waals surface area contributed by atoms with Crippen molar-refractivity contribution in [1.82, 2.24) is 0 Å². The van der Waals surface area contributed by atoms with E-state index in [1.807, 2.05) is 13.0 Å². The molecular formula is C13H14. The molecule has 13 heavy (non-hydrogen) atoms. The first-order valence-corrected chi connectivity index (χ1v) is 4.49. The third-order valence-corrected chi connectivity index (χ3v) is 1.86. The average molecular weight is 170 g/mol. The number of aryl methyl sites for hydroxylation is 1. The molecule has 66 valence electrons. The lowest BCUT2D eigenvalue weighted by Crippen LogP contribution is -1.83. The molecule has 1 aromatic rings. The van der Waals surface area contributed by atoms with Crippen molar-refractivity contribution < 1.29 is 0 Å². The van der Waals surface area contributed by atoms with Crippen LogP contribution in [0, 0.1) is 11.8 Å². The zero-order chi connectivity index (χ0) is 9.52. The van der Waals surface area contributed by atoms with E-state index in [1.165, 1.54) is 5.56 Å². The molecular weight excluding hydrogens is 156 g/mol. The van der Waals surface area contributed by atoms with Crippen LogP contribution in [0.4, 0.5) is 0 Å². The van der Waals surface area contributed by atoms with Crippen molar-refractivity contribution in [2.75, 3.05) is 0 Å². The van der Waals surface area contributed by atoms with Gasteiger partial charge < -0.3 is 0 Å². The summed E-state index contributed by atoms with van der Waals surface area (Å²) in [5.41, 5.74) is 2.44. The average Bonchev–Trinajstić information content (AvgIpc) is 2.17. The van der Waals surface area contributed by atoms with E-state index in [0.717, 1.165) is 18.4 Å². The third-order valence-electron chi connectivity index (χ3n) is 1.86. The molecule has 0 N–H and O–H groups in total. The fraction of sp³-hybridized carbons (Fsp3) is 0.231. The molecule has 1 rings (SSSR count). The highest BCUT2D eigenvalue weighted by atomic mass is 14.0. The van der Waals surface area contributed by atoms with Crippen LogP contribution in [-0.2, 0) is 6.42 Å². The summed E-state index contributed by atoms with van der Waals surface area (Å²) in [5, 5.41) is 0. The first kappa shape index (κ1) is 9.61. The zero-order valence-corrected chi connectivity index (χ0v) is 8.01. The second kappa shape index (κ2) is 5.22. The van der Waals surface area contributed by atoms with E-state index in [0.29, 0.717) is 0 Å². The summed E-state index contributed by atoms with van der Waals surface area (Å²) in [5.74, 6) is 5.90. The summed E-state index contributed by atoms with van der Waals surface area (Å²) >= 11 is 0. The van der Waals surface area contributed by atoms with E-state index in [4.69, 9.17) is 0 Å². The van der Waals surface area contributed by atoms with Crippen LogP contribution in [0.5, 0.6) is 0 Å². The summed E-state index contributed by atoms with van der Waals surface area (Å²) in [4.78, 5) is 0. The molecule has 0 bridgehead atoms. The zero-order valence-electron chi connectivity index (χ0n) is 8.01. The maximum absolute atomic E-state index is 3.70. The highest BCUT2D eigenvalue weighted by molar-refractivity contribution is 5.35. The van der Waals surface area contributed by atoms with Crippen molar-refractivity contribution in [2.24, 2.45) is 0 Å². The Morgan fingerprint density at radius 1 is 1.31 bits per heavy atom. The van der Waals surface area contributed by atoms with Gasteiger partial charge in [0.1, 0.15) is 0 Å². The number of hydrogen-bond acceptors (Lipinski definition) is 0. The summed E-state index contributed by atoms with van der Waals surface area (Å²) < 4.78 is 0. The second-order valence-electron chi connectivity index (χ2n) is 2.90. The van der Waals surface area contributed by atoms with E-state index in [-0.39, 0.29) is 0 Å². The highest BCUT2D eigenvalue weighted by Gasteiger charge is 1.90. The lowest BCUT2D eigenvalue weighted by molar-refractivity contribution is 1.00. The van der Waals surface area contributed by atoms with Gasteiger partial charge in [0.05, 0.1) is 0 Å². The normalized spacial score (nSPS) is 8.69. The third kappa shape index (κ3) is 3.17. The Kier molecular flexibility index (Phi) is 3.85. The van der Waals surface area contributed by atoms with Crippen molar-refractivity contribution in [2.45, 2.75) is 19.8 Å². The van der Waals surface area contributed by atoms with Crippen molar-refractivity contribution >= 4 is 0 Å². The molecule has 0 heterocycles. The lowest BCUT2D eigenvalue weighted by Gasteiger charge is -1.97. The molecule has 0 spiro atoms. The summed E-state index contributed by atoms with van der Waals surface area (Å²) in [6.45, 7) is 5.55. The molecule has 0 saturated heterocycles. The van der Waals surface area contributed by atoms with Gasteiger partial charge in [-0.05, 0) is 37.5 Å². The standard InChI is InChI=1S/C13H14/c1-3-5-7-13-10-8-12(6-4-2)9-11-13/h3,8-11H,1,5,7H2,2H3. The van der Waals surface area contributed by atoms with E-state index in [1.54, 1.807) is 0 Å². The molecule has 0 aromatic heterocycles. The first-order valence-electron chi connectivity index (χ1n) is 4.49. The topological polar surface area (TPSA) is 0 Å². The predicted molar refractivity (Wildman–Crippen MR) is 57.5 cm³/mol. The van der Waals surface area contributed by atoms with Gasteiger partial charge in [-0.1, -0.05) is 24.1 Å². The minimum atomic E-state index is 1.04. The number of benzene rings is 1. The molecule has 0 aliphatic rings. The van der Waals surface area contributed by atoms with Crippen molar-refractivity contribution in [3.63, 3.8) is 0 Å². The van der Waals surface area contributed by atoms with E-state index in [2.05, 4.69) is 42.7 Å². The van der Waals surface area contributed by atoms with Gasteiger partial charge in [-0.25, -0.2) is 0 Å². The van der Waals surface area contributed by atoms with Crippen LogP contribution in [0.1, 0.15) is 24.5 Å². The minimum Gasteiger partial charge on any atom is -0.103 e. The predicted octanol–water partition coefficient (Wildman–Crippen LogP) is 3.18. The van der Waals surface area contributed by atoms with Gasteiger partial charge in [-0.15, -0.1) is 12.5 Å². The van der Waals surface area contributed by atoms with Crippen LogP contribution in [0.2, 0.25) is 0 Å². The fourth-order valence-electron chi connectivity index (χ4n) is 1.17. The highest BCUT2D eigenvalue weighted by Crippen LogP contribution is 2.05. The van der Waals surface area contributed by atoms with Crippen molar-refractivity contribution in [3.05, 3.63) is 48.0 Å². The van der Waals surface area contributed by atoms with Gasteiger partial charge in [-0.2, -0.15) is 0 Å².